The van der Waals surface area contributed by atoms with Crippen molar-refractivity contribution in [1.29, 1.82) is 0 Å². The van der Waals surface area contributed by atoms with Gasteiger partial charge in [0.25, 0.3) is 10.0 Å². The lowest BCUT2D eigenvalue weighted by molar-refractivity contribution is 0.601. The molecule has 5 nitrogen and oxygen atoms in total. The van der Waals surface area contributed by atoms with E-state index in [0.29, 0.717) is 22.2 Å². The van der Waals surface area contributed by atoms with E-state index >= 15 is 0 Å². The molecule has 0 spiro atoms. The van der Waals surface area contributed by atoms with E-state index in [4.69, 9.17) is 11.6 Å². The number of halogens is 1. The molecule has 0 aliphatic heterocycles. The van der Waals surface area contributed by atoms with Crippen LogP contribution in [0.15, 0.2) is 65.0 Å². The summed E-state index contributed by atoms with van der Waals surface area (Å²) in [5.74, 6) is 0.414. The monoisotopic (exact) mass is 403 g/mol. The zero-order valence-electron chi connectivity index (χ0n) is 13.7. The number of benzene rings is 1. The Bertz CT molecular complexity index is 1180. The number of aryl methyl sites for hydroxylation is 1. The molecule has 0 saturated carbocycles. The highest BCUT2D eigenvalue weighted by molar-refractivity contribution is 7.92. The maximum Gasteiger partial charge on any atom is 0.263 e. The molecule has 1 N–H and O–H groups in total. The van der Waals surface area contributed by atoms with E-state index in [1.165, 1.54) is 23.5 Å². The van der Waals surface area contributed by atoms with Gasteiger partial charge in [0.2, 0.25) is 0 Å². The smallest absolute Gasteiger partial charge is 0.263 e. The Hall–Kier alpha value is -2.35. The molecular formula is C18H14ClN3O2S2. The van der Waals surface area contributed by atoms with Gasteiger partial charge in [-0.1, -0.05) is 17.7 Å². The van der Waals surface area contributed by atoms with Gasteiger partial charge in [0.05, 0.1) is 9.77 Å². The summed E-state index contributed by atoms with van der Waals surface area (Å²) < 4.78 is 30.1. The molecule has 8 heteroatoms. The van der Waals surface area contributed by atoms with Crippen LogP contribution in [-0.2, 0) is 10.0 Å². The van der Waals surface area contributed by atoms with Crippen molar-refractivity contribution in [2.24, 2.45) is 0 Å². The van der Waals surface area contributed by atoms with Gasteiger partial charge < -0.3 is 0 Å². The molecule has 3 heterocycles. The summed E-state index contributed by atoms with van der Waals surface area (Å²) in [6.45, 7) is 1.97. The van der Waals surface area contributed by atoms with Gasteiger partial charge in [-0.05, 0) is 60.3 Å². The minimum atomic E-state index is -3.78. The number of nitrogens with one attached hydrogen (secondary N) is 1. The number of hydrogen-bond acceptors (Lipinski definition) is 4. The standard InChI is InChI=1S/C18H14ClN3O2S2/c1-12-8-9-22-16(11-12)20-17(15-3-2-10-25-15)18(22)21-26(23,24)14-6-4-13(19)5-7-14/h2-11,21H,1H3. The molecule has 0 fully saturated rings. The molecule has 0 radical (unpaired) electrons. The first-order valence-electron chi connectivity index (χ1n) is 7.75. The van der Waals surface area contributed by atoms with E-state index in [0.717, 1.165) is 10.4 Å². The highest BCUT2D eigenvalue weighted by atomic mass is 35.5. The molecule has 0 atom stereocenters. The first-order valence-corrected chi connectivity index (χ1v) is 10.5. The molecule has 0 bridgehead atoms. The number of pyridine rings is 1. The summed E-state index contributed by atoms with van der Waals surface area (Å²) in [5.41, 5.74) is 2.33. The second-order valence-corrected chi connectivity index (χ2v) is 8.84. The van der Waals surface area contributed by atoms with Gasteiger partial charge in [0.15, 0.2) is 5.82 Å². The Morgan fingerprint density at radius 3 is 2.62 bits per heavy atom. The van der Waals surface area contributed by atoms with Crippen LogP contribution in [0, 0.1) is 6.92 Å². The highest BCUT2D eigenvalue weighted by Crippen LogP contribution is 2.33. The predicted octanol–water partition coefficient (Wildman–Crippen LogP) is 4.83. The molecule has 0 aliphatic rings. The molecule has 0 saturated heterocycles. The summed E-state index contributed by atoms with van der Waals surface area (Å²) in [7, 11) is -3.78. The second kappa shape index (κ2) is 6.42. The maximum atomic E-state index is 12.9. The van der Waals surface area contributed by atoms with E-state index in [-0.39, 0.29) is 4.90 Å². The predicted molar refractivity (Wildman–Crippen MR) is 106 cm³/mol. The van der Waals surface area contributed by atoms with Crippen LogP contribution < -0.4 is 4.72 Å². The fraction of sp³-hybridized carbons (Fsp3) is 0.0556. The fourth-order valence-corrected chi connectivity index (χ4v) is 4.53. The first-order chi connectivity index (χ1) is 12.4. The quantitative estimate of drug-likeness (QED) is 0.531. The van der Waals surface area contributed by atoms with Crippen LogP contribution in [0.2, 0.25) is 5.02 Å². The number of hydrogen-bond donors (Lipinski definition) is 1. The third-order valence-corrected chi connectivity index (χ3v) is 6.37. The number of fused-ring (bicyclic) bond motifs is 1. The van der Waals surface area contributed by atoms with Gasteiger partial charge in [0.1, 0.15) is 11.3 Å². The van der Waals surface area contributed by atoms with E-state index in [9.17, 15) is 8.42 Å². The number of nitrogens with zero attached hydrogens (tertiary/aromatic N) is 2. The number of thiophene rings is 1. The van der Waals surface area contributed by atoms with Crippen molar-refractivity contribution in [3.8, 4) is 10.6 Å². The summed E-state index contributed by atoms with van der Waals surface area (Å²) in [4.78, 5) is 5.66. The fourth-order valence-electron chi connectivity index (χ4n) is 2.63. The van der Waals surface area contributed by atoms with Crippen LogP contribution in [0.25, 0.3) is 16.2 Å². The lowest BCUT2D eigenvalue weighted by atomic mass is 10.3. The van der Waals surface area contributed by atoms with Crippen molar-refractivity contribution in [3.05, 3.63) is 70.7 Å². The van der Waals surface area contributed by atoms with Gasteiger partial charge in [0, 0.05) is 11.2 Å². The summed E-state index contributed by atoms with van der Waals surface area (Å²) in [5, 5.41) is 2.41. The van der Waals surface area contributed by atoms with E-state index in [1.54, 1.807) is 16.5 Å². The third-order valence-electron chi connectivity index (χ3n) is 3.89. The Balaban J connectivity index is 1.87. The lowest BCUT2D eigenvalue weighted by Crippen LogP contribution is -2.14. The number of anilines is 1. The molecular weight excluding hydrogens is 390 g/mol. The van der Waals surface area contributed by atoms with Crippen molar-refractivity contribution < 1.29 is 8.42 Å². The number of aromatic nitrogens is 2. The topological polar surface area (TPSA) is 63.5 Å². The van der Waals surface area contributed by atoms with Crippen molar-refractivity contribution in [2.75, 3.05) is 4.72 Å². The van der Waals surface area contributed by atoms with Crippen LogP contribution in [0.4, 0.5) is 5.82 Å². The molecule has 4 aromatic rings. The largest absolute Gasteiger partial charge is 0.285 e. The average Bonchev–Trinajstić information content (AvgIpc) is 3.23. The Kier molecular flexibility index (Phi) is 4.22. The van der Waals surface area contributed by atoms with Crippen molar-refractivity contribution in [1.82, 2.24) is 9.38 Å². The zero-order chi connectivity index (χ0) is 18.3. The molecule has 0 aliphatic carbocycles. The van der Waals surface area contributed by atoms with Gasteiger partial charge in [-0.15, -0.1) is 11.3 Å². The molecule has 3 aromatic heterocycles. The van der Waals surface area contributed by atoms with Crippen LogP contribution in [0.3, 0.4) is 0 Å². The van der Waals surface area contributed by atoms with Gasteiger partial charge >= 0.3 is 0 Å². The number of sulfonamides is 1. The SMILES string of the molecule is Cc1ccn2c(NS(=O)(=O)c3ccc(Cl)cc3)c(-c3cccs3)nc2c1. The maximum absolute atomic E-state index is 12.9. The Morgan fingerprint density at radius 1 is 1.15 bits per heavy atom. The van der Waals surface area contributed by atoms with Crippen LogP contribution in [0.5, 0.6) is 0 Å². The van der Waals surface area contributed by atoms with Gasteiger partial charge in [-0.2, -0.15) is 0 Å². The van der Waals surface area contributed by atoms with E-state index in [1.807, 2.05) is 42.8 Å². The van der Waals surface area contributed by atoms with Crippen LogP contribution >= 0.6 is 22.9 Å². The van der Waals surface area contributed by atoms with Gasteiger partial charge in [-0.3, -0.25) is 9.12 Å². The normalized spacial score (nSPS) is 11.8. The minimum Gasteiger partial charge on any atom is -0.285 e. The molecule has 26 heavy (non-hydrogen) atoms. The van der Waals surface area contributed by atoms with Crippen molar-refractivity contribution >= 4 is 44.4 Å². The molecule has 0 unspecified atom stereocenters. The van der Waals surface area contributed by atoms with Crippen molar-refractivity contribution in [2.45, 2.75) is 11.8 Å². The molecule has 1 aromatic carbocycles. The highest BCUT2D eigenvalue weighted by Gasteiger charge is 2.21. The number of imidazole rings is 1. The van der Waals surface area contributed by atoms with E-state index in [2.05, 4.69) is 9.71 Å². The summed E-state index contributed by atoms with van der Waals surface area (Å²) in [6.07, 6.45) is 1.81. The molecule has 132 valence electrons. The zero-order valence-corrected chi connectivity index (χ0v) is 16.1. The van der Waals surface area contributed by atoms with Gasteiger partial charge in [-0.25, -0.2) is 13.4 Å². The average molecular weight is 404 g/mol. The minimum absolute atomic E-state index is 0.140. The molecule has 0 amide bonds. The second-order valence-electron chi connectivity index (χ2n) is 5.78. The lowest BCUT2D eigenvalue weighted by Gasteiger charge is -2.09. The Morgan fingerprint density at radius 2 is 1.92 bits per heavy atom. The Labute approximate surface area is 160 Å². The number of rotatable bonds is 4. The third kappa shape index (κ3) is 3.09. The first kappa shape index (κ1) is 17.1. The summed E-state index contributed by atoms with van der Waals surface area (Å²) >= 11 is 7.37. The van der Waals surface area contributed by atoms with E-state index < -0.39 is 10.0 Å². The van der Waals surface area contributed by atoms with Crippen LogP contribution in [-0.4, -0.2) is 17.8 Å². The molecule has 4 rings (SSSR count). The summed E-state index contributed by atoms with van der Waals surface area (Å²) in [6, 6.07) is 13.7. The van der Waals surface area contributed by atoms with Crippen molar-refractivity contribution in [3.63, 3.8) is 0 Å². The van der Waals surface area contributed by atoms with Crippen LogP contribution in [0.1, 0.15) is 5.56 Å².